The summed E-state index contributed by atoms with van der Waals surface area (Å²) < 4.78 is 70.0. The maximum Gasteiger partial charge on any atom is 0.181 e. The van der Waals surface area contributed by atoms with E-state index in [0.29, 0.717) is 11.8 Å². The van der Waals surface area contributed by atoms with Gasteiger partial charge in [0.25, 0.3) is 0 Å². The molecule has 0 fully saturated rings. The molecule has 3 rings (SSSR count). The SMILES string of the molecule is Cc1cccc(-c2noc(CF)c2-c2cc(F)c(S(C)(=O)=O)c(F)c2)c1. The van der Waals surface area contributed by atoms with Crippen molar-refractivity contribution in [1.82, 2.24) is 5.16 Å². The Labute approximate surface area is 148 Å². The van der Waals surface area contributed by atoms with Gasteiger partial charge in [0.05, 0.1) is 5.56 Å². The second kappa shape index (κ2) is 6.60. The Hall–Kier alpha value is -2.61. The number of rotatable bonds is 4. The van der Waals surface area contributed by atoms with Crippen LogP contribution in [0.2, 0.25) is 0 Å². The highest BCUT2D eigenvalue weighted by Gasteiger charge is 2.25. The average Bonchev–Trinajstić information content (AvgIpc) is 2.96. The molecule has 0 spiro atoms. The molecule has 0 aliphatic carbocycles. The molecule has 26 heavy (non-hydrogen) atoms. The Morgan fingerprint density at radius 1 is 1.08 bits per heavy atom. The van der Waals surface area contributed by atoms with Crippen molar-refractivity contribution in [2.75, 3.05) is 6.26 Å². The van der Waals surface area contributed by atoms with Crippen molar-refractivity contribution in [2.45, 2.75) is 18.5 Å². The van der Waals surface area contributed by atoms with Crippen molar-refractivity contribution in [3.05, 3.63) is 59.4 Å². The van der Waals surface area contributed by atoms with Crippen LogP contribution in [0.15, 0.2) is 45.8 Å². The first-order valence-electron chi connectivity index (χ1n) is 7.53. The van der Waals surface area contributed by atoms with Crippen LogP contribution in [0.25, 0.3) is 22.4 Å². The minimum atomic E-state index is -4.10. The maximum absolute atomic E-state index is 14.3. The predicted molar refractivity (Wildman–Crippen MR) is 89.9 cm³/mol. The fourth-order valence-corrected chi connectivity index (χ4v) is 3.59. The van der Waals surface area contributed by atoms with Crippen LogP contribution in [0.5, 0.6) is 0 Å². The van der Waals surface area contributed by atoms with Gasteiger partial charge in [-0.15, -0.1) is 0 Å². The van der Waals surface area contributed by atoms with E-state index in [9.17, 15) is 21.6 Å². The van der Waals surface area contributed by atoms with Gasteiger partial charge in [0.15, 0.2) is 22.3 Å². The summed E-state index contributed by atoms with van der Waals surface area (Å²) in [6.07, 6.45) is 0.707. The summed E-state index contributed by atoms with van der Waals surface area (Å²) in [5, 5.41) is 3.83. The zero-order valence-corrected chi connectivity index (χ0v) is 14.7. The fourth-order valence-electron chi connectivity index (χ4n) is 2.76. The predicted octanol–water partition coefficient (Wildman–Crippen LogP) is 4.47. The van der Waals surface area contributed by atoms with Crippen molar-refractivity contribution in [3.63, 3.8) is 0 Å². The summed E-state index contributed by atoms with van der Waals surface area (Å²) in [7, 11) is -4.10. The minimum absolute atomic E-state index is 0.0576. The molecule has 0 amide bonds. The van der Waals surface area contributed by atoms with Crippen molar-refractivity contribution in [2.24, 2.45) is 0 Å². The molecule has 0 atom stereocenters. The van der Waals surface area contributed by atoms with Crippen LogP contribution in [0.4, 0.5) is 13.2 Å². The van der Waals surface area contributed by atoms with E-state index in [-0.39, 0.29) is 22.6 Å². The number of hydrogen-bond acceptors (Lipinski definition) is 4. The fraction of sp³-hybridized carbons (Fsp3) is 0.167. The van der Waals surface area contributed by atoms with Gasteiger partial charge in [-0.1, -0.05) is 28.9 Å². The van der Waals surface area contributed by atoms with Gasteiger partial charge >= 0.3 is 0 Å². The minimum Gasteiger partial charge on any atom is -0.357 e. The molecular formula is C18H14F3NO3S. The Balaban J connectivity index is 2.26. The molecule has 1 heterocycles. The number of aryl methyl sites for hydroxylation is 1. The first-order chi connectivity index (χ1) is 12.2. The number of alkyl halides is 1. The lowest BCUT2D eigenvalue weighted by Crippen LogP contribution is -2.05. The van der Waals surface area contributed by atoms with E-state index < -0.39 is 33.0 Å². The topological polar surface area (TPSA) is 60.2 Å². The van der Waals surface area contributed by atoms with E-state index in [0.717, 1.165) is 17.7 Å². The van der Waals surface area contributed by atoms with Gasteiger partial charge in [-0.05, 0) is 30.7 Å². The second-order valence-electron chi connectivity index (χ2n) is 5.87. The summed E-state index contributed by atoms with van der Waals surface area (Å²) in [6, 6.07) is 8.75. The van der Waals surface area contributed by atoms with E-state index in [1.807, 2.05) is 13.0 Å². The molecular weight excluding hydrogens is 367 g/mol. The third-order valence-corrected chi connectivity index (χ3v) is 4.96. The third-order valence-electron chi connectivity index (χ3n) is 3.83. The zero-order chi connectivity index (χ0) is 19.1. The van der Waals surface area contributed by atoms with Crippen LogP contribution >= 0.6 is 0 Å². The molecule has 4 nitrogen and oxygen atoms in total. The summed E-state index contributed by atoms with van der Waals surface area (Å²) in [4.78, 5) is -1.03. The molecule has 1 aromatic heterocycles. The molecule has 3 aromatic rings. The van der Waals surface area contributed by atoms with Crippen molar-refractivity contribution in [1.29, 1.82) is 0 Å². The monoisotopic (exact) mass is 381 g/mol. The lowest BCUT2D eigenvalue weighted by Gasteiger charge is -2.08. The van der Waals surface area contributed by atoms with Crippen LogP contribution < -0.4 is 0 Å². The van der Waals surface area contributed by atoms with E-state index in [1.54, 1.807) is 18.2 Å². The van der Waals surface area contributed by atoms with Gasteiger partial charge in [0.1, 0.15) is 22.2 Å². The van der Waals surface area contributed by atoms with Gasteiger partial charge in [-0.2, -0.15) is 0 Å². The van der Waals surface area contributed by atoms with E-state index in [4.69, 9.17) is 4.52 Å². The lowest BCUT2D eigenvalue weighted by molar-refractivity contribution is 0.332. The number of nitrogens with zero attached hydrogens (tertiary/aromatic N) is 1. The Bertz CT molecular complexity index is 1070. The van der Waals surface area contributed by atoms with E-state index in [1.165, 1.54) is 0 Å². The summed E-state index contributed by atoms with van der Waals surface area (Å²) in [5.41, 5.74) is 1.72. The van der Waals surface area contributed by atoms with Gasteiger partial charge in [-0.25, -0.2) is 21.6 Å². The van der Waals surface area contributed by atoms with Gasteiger partial charge in [0, 0.05) is 11.8 Å². The van der Waals surface area contributed by atoms with Crippen LogP contribution in [0.1, 0.15) is 11.3 Å². The molecule has 0 saturated heterocycles. The molecule has 136 valence electrons. The van der Waals surface area contributed by atoms with Crippen LogP contribution in [-0.2, 0) is 16.5 Å². The highest BCUT2D eigenvalue weighted by atomic mass is 32.2. The van der Waals surface area contributed by atoms with Gasteiger partial charge in [-0.3, -0.25) is 0 Å². The Morgan fingerprint density at radius 2 is 1.73 bits per heavy atom. The quantitative estimate of drug-likeness (QED) is 0.669. The summed E-state index contributed by atoms with van der Waals surface area (Å²) >= 11 is 0. The molecule has 0 bridgehead atoms. The second-order valence-corrected chi connectivity index (χ2v) is 7.83. The molecule has 0 N–H and O–H groups in total. The van der Waals surface area contributed by atoms with Crippen molar-refractivity contribution < 1.29 is 26.1 Å². The summed E-state index contributed by atoms with van der Waals surface area (Å²) in [6.45, 7) is 0.810. The molecule has 0 radical (unpaired) electrons. The third kappa shape index (κ3) is 3.24. The Kier molecular flexibility index (Phi) is 4.62. The number of halogens is 3. The zero-order valence-electron chi connectivity index (χ0n) is 13.9. The maximum atomic E-state index is 14.3. The molecule has 0 saturated carbocycles. The van der Waals surface area contributed by atoms with Crippen LogP contribution in [-0.4, -0.2) is 19.8 Å². The van der Waals surface area contributed by atoms with Crippen molar-refractivity contribution >= 4 is 9.84 Å². The lowest BCUT2D eigenvalue weighted by atomic mass is 9.98. The van der Waals surface area contributed by atoms with Crippen molar-refractivity contribution in [3.8, 4) is 22.4 Å². The number of sulfone groups is 1. The number of hydrogen-bond donors (Lipinski definition) is 0. The number of aromatic nitrogens is 1. The van der Waals surface area contributed by atoms with Crippen LogP contribution in [0, 0.1) is 18.6 Å². The standard InChI is InChI=1S/C18H14F3NO3S/c1-10-4-3-5-11(6-10)17-16(15(9-19)25-22-17)12-7-13(20)18(14(21)8-12)26(2,23)24/h3-8H,9H2,1-2H3. The van der Waals surface area contributed by atoms with Gasteiger partial charge < -0.3 is 4.52 Å². The smallest absolute Gasteiger partial charge is 0.181 e. The average molecular weight is 381 g/mol. The van der Waals surface area contributed by atoms with Crippen LogP contribution in [0.3, 0.4) is 0 Å². The first-order valence-corrected chi connectivity index (χ1v) is 9.42. The normalized spacial score (nSPS) is 11.7. The summed E-state index contributed by atoms with van der Waals surface area (Å²) in [5.74, 6) is -2.72. The Morgan fingerprint density at radius 3 is 2.27 bits per heavy atom. The highest BCUT2D eigenvalue weighted by Crippen LogP contribution is 2.37. The molecule has 8 heteroatoms. The molecule has 0 unspecified atom stereocenters. The highest BCUT2D eigenvalue weighted by molar-refractivity contribution is 7.90. The van der Waals surface area contributed by atoms with Gasteiger partial charge in [0.2, 0.25) is 0 Å². The molecule has 2 aromatic carbocycles. The first kappa shape index (κ1) is 18.2. The number of benzene rings is 2. The molecule has 0 aliphatic heterocycles. The van der Waals surface area contributed by atoms with E-state index in [2.05, 4.69) is 5.16 Å². The van der Waals surface area contributed by atoms with E-state index >= 15 is 0 Å². The molecule has 0 aliphatic rings. The largest absolute Gasteiger partial charge is 0.357 e.